The number of rotatable bonds is 3. The highest BCUT2D eigenvalue weighted by Gasteiger charge is 2.21. The van der Waals surface area contributed by atoms with Crippen LogP contribution in [-0.4, -0.2) is 30.0 Å². The smallest absolute Gasteiger partial charge is 0.243 e. The van der Waals surface area contributed by atoms with Crippen LogP contribution in [-0.2, 0) is 4.79 Å². The number of aromatic nitrogens is 1. The number of pyridine rings is 1. The predicted molar refractivity (Wildman–Crippen MR) is 72.2 cm³/mol. The number of nitrogens with zero attached hydrogens (tertiary/aromatic N) is 2. The minimum Gasteiger partial charge on any atom is -0.384 e. The number of piperidine rings is 1. The van der Waals surface area contributed by atoms with Crippen molar-refractivity contribution in [3.05, 3.63) is 30.9 Å². The molecule has 2 heterocycles. The van der Waals surface area contributed by atoms with Crippen molar-refractivity contribution in [2.75, 3.05) is 23.7 Å². The molecule has 0 aromatic carbocycles. The zero-order chi connectivity index (χ0) is 13.0. The van der Waals surface area contributed by atoms with Crippen LogP contribution in [0.3, 0.4) is 0 Å². The van der Waals surface area contributed by atoms with Gasteiger partial charge in [-0.25, -0.2) is 4.98 Å². The number of anilines is 2. The maximum absolute atomic E-state index is 11.3. The SMILES string of the molecule is C=CC(=O)NC1CCCN(c2cccc(N)n2)C1. The Morgan fingerprint density at radius 2 is 2.44 bits per heavy atom. The van der Waals surface area contributed by atoms with Crippen LogP contribution in [0.5, 0.6) is 0 Å². The molecule has 18 heavy (non-hydrogen) atoms. The third-order valence-electron chi connectivity index (χ3n) is 3.03. The molecule has 3 N–H and O–H groups in total. The van der Waals surface area contributed by atoms with Crippen molar-refractivity contribution >= 4 is 17.5 Å². The molecule has 1 amide bonds. The second-order valence-electron chi connectivity index (χ2n) is 4.42. The Kier molecular flexibility index (Phi) is 3.82. The van der Waals surface area contributed by atoms with Gasteiger partial charge in [0.1, 0.15) is 11.6 Å². The zero-order valence-electron chi connectivity index (χ0n) is 10.3. The van der Waals surface area contributed by atoms with E-state index in [0.717, 1.165) is 31.7 Å². The molecule has 5 nitrogen and oxygen atoms in total. The second-order valence-corrected chi connectivity index (χ2v) is 4.42. The van der Waals surface area contributed by atoms with E-state index in [1.54, 1.807) is 6.07 Å². The summed E-state index contributed by atoms with van der Waals surface area (Å²) in [6.07, 6.45) is 3.31. The molecule has 0 aliphatic carbocycles. The number of hydrogen-bond donors (Lipinski definition) is 2. The normalized spacial score (nSPS) is 19.3. The fourth-order valence-corrected chi connectivity index (χ4v) is 2.18. The van der Waals surface area contributed by atoms with Crippen molar-refractivity contribution in [1.29, 1.82) is 0 Å². The van der Waals surface area contributed by atoms with Crippen LogP contribution >= 0.6 is 0 Å². The molecular formula is C13H18N4O. The Labute approximate surface area is 107 Å². The molecule has 0 saturated carbocycles. The Morgan fingerprint density at radius 3 is 3.17 bits per heavy atom. The minimum atomic E-state index is -0.123. The summed E-state index contributed by atoms with van der Waals surface area (Å²) in [6, 6.07) is 5.75. The van der Waals surface area contributed by atoms with Crippen LogP contribution in [0.1, 0.15) is 12.8 Å². The van der Waals surface area contributed by atoms with Gasteiger partial charge in [-0.2, -0.15) is 0 Å². The highest BCUT2D eigenvalue weighted by molar-refractivity contribution is 5.87. The highest BCUT2D eigenvalue weighted by atomic mass is 16.1. The van der Waals surface area contributed by atoms with Crippen LogP contribution in [0.15, 0.2) is 30.9 Å². The van der Waals surface area contributed by atoms with E-state index in [0.29, 0.717) is 5.82 Å². The molecule has 1 atom stereocenters. The van der Waals surface area contributed by atoms with E-state index < -0.39 is 0 Å². The summed E-state index contributed by atoms with van der Waals surface area (Å²) in [6.45, 7) is 5.16. The summed E-state index contributed by atoms with van der Waals surface area (Å²) in [5.74, 6) is 1.26. The van der Waals surface area contributed by atoms with E-state index in [1.165, 1.54) is 6.08 Å². The van der Waals surface area contributed by atoms with Crippen molar-refractivity contribution in [2.45, 2.75) is 18.9 Å². The Balaban J connectivity index is 2.02. The molecule has 1 unspecified atom stereocenters. The lowest BCUT2D eigenvalue weighted by atomic mass is 10.1. The van der Waals surface area contributed by atoms with Crippen molar-refractivity contribution in [3.63, 3.8) is 0 Å². The minimum absolute atomic E-state index is 0.123. The molecule has 0 radical (unpaired) electrons. The molecule has 5 heteroatoms. The van der Waals surface area contributed by atoms with Crippen molar-refractivity contribution in [1.82, 2.24) is 10.3 Å². The molecule has 1 aromatic heterocycles. The van der Waals surface area contributed by atoms with Gasteiger partial charge >= 0.3 is 0 Å². The average molecular weight is 246 g/mol. The quantitative estimate of drug-likeness (QED) is 0.778. The number of amides is 1. The average Bonchev–Trinajstić information content (AvgIpc) is 2.39. The number of carbonyl (C=O) groups excluding carboxylic acids is 1. The lowest BCUT2D eigenvalue weighted by molar-refractivity contribution is -0.117. The first kappa shape index (κ1) is 12.4. The Hall–Kier alpha value is -2.04. The molecule has 96 valence electrons. The summed E-state index contributed by atoms with van der Waals surface area (Å²) in [4.78, 5) is 17.7. The van der Waals surface area contributed by atoms with Gasteiger partial charge in [0.05, 0.1) is 0 Å². The maximum Gasteiger partial charge on any atom is 0.243 e. The molecular weight excluding hydrogens is 228 g/mol. The number of nitrogen functional groups attached to an aromatic ring is 1. The third kappa shape index (κ3) is 3.00. The number of hydrogen-bond acceptors (Lipinski definition) is 4. The van der Waals surface area contributed by atoms with Crippen molar-refractivity contribution in [2.24, 2.45) is 0 Å². The predicted octanol–water partition coefficient (Wildman–Crippen LogP) is 0.935. The fraction of sp³-hybridized carbons (Fsp3) is 0.385. The highest BCUT2D eigenvalue weighted by Crippen LogP contribution is 2.18. The van der Waals surface area contributed by atoms with Gasteiger partial charge in [0, 0.05) is 19.1 Å². The summed E-state index contributed by atoms with van der Waals surface area (Å²) < 4.78 is 0. The van der Waals surface area contributed by atoms with Crippen LogP contribution < -0.4 is 16.0 Å². The largest absolute Gasteiger partial charge is 0.384 e. The van der Waals surface area contributed by atoms with Crippen LogP contribution in [0.4, 0.5) is 11.6 Å². The lowest BCUT2D eigenvalue weighted by Gasteiger charge is -2.33. The van der Waals surface area contributed by atoms with Gasteiger partial charge in [-0.1, -0.05) is 12.6 Å². The summed E-state index contributed by atoms with van der Waals surface area (Å²) in [5.41, 5.74) is 5.68. The topological polar surface area (TPSA) is 71.2 Å². The van der Waals surface area contributed by atoms with E-state index in [9.17, 15) is 4.79 Å². The standard InChI is InChI=1S/C13H18N4O/c1-2-13(18)15-10-5-4-8-17(9-10)12-7-3-6-11(14)16-12/h2-3,6-7,10H,1,4-5,8-9H2,(H2,14,16)(H,15,18). The number of nitrogens with one attached hydrogen (secondary N) is 1. The van der Waals surface area contributed by atoms with E-state index >= 15 is 0 Å². The van der Waals surface area contributed by atoms with E-state index in [4.69, 9.17) is 5.73 Å². The van der Waals surface area contributed by atoms with E-state index in [2.05, 4.69) is 21.8 Å². The van der Waals surface area contributed by atoms with Gasteiger partial charge in [-0.05, 0) is 31.1 Å². The summed E-state index contributed by atoms with van der Waals surface area (Å²) >= 11 is 0. The molecule has 1 fully saturated rings. The van der Waals surface area contributed by atoms with Gasteiger partial charge < -0.3 is 16.0 Å². The Morgan fingerprint density at radius 1 is 1.61 bits per heavy atom. The molecule has 1 aliphatic heterocycles. The molecule has 1 aliphatic rings. The monoisotopic (exact) mass is 246 g/mol. The molecule has 0 bridgehead atoms. The van der Waals surface area contributed by atoms with Crippen molar-refractivity contribution < 1.29 is 4.79 Å². The lowest BCUT2D eigenvalue weighted by Crippen LogP contribution is -2.47. The maximum atomic E-state index is 11.3. The number of nitrogens with two attached hydrogens (primary N) is 1. The summed E-state index contributed by atoms with van der Waals surface area (Å²) in [5, 5.41) is 2.93. The van der Waals surface area contributed by atoms with Crippen LogP contribution in [0.25, 0.3) is 0 Å². The van der Waals surface area contributed by atoms with Gasteiger partial charge in [-0.3, -0.25) is 4.79 Å². The molecule has 0 spiro atoms. The molecule has 2 rings (SSSR count). The van der Waals surface area contributed by atoms with Crippen LogP contribution in [0, 0.1) is 0 Å². The Bertz CT molecular complexity index is 446. The van der Waals surface area contributed by atoms with Crippen molar-refractivity contribution in [3.8, 4) is 0 Å². The number of carbonyl (C=O) groups is 1. The fourth-order valence-electron chi connectivity index (χ4n) is 2.18. The molecule has 1 aromatic rings. The van der Waals surface area contributed by atoms with Gasteiger partial charge in [-0.15, -0.1) is 0 Å². The first-order chi connectivity index (χ1) is 8.69. The van der Waals surface area contributed by atoms with Gasteiger partial charge in [0.15, 0.2) is 0 Å². The first-order valence-corrected chi connectivity index (χ1v) is 6.09. The van der Waals surface area contributed by atoms with E-state index in [-0.39, 0.29) is 11.9 Å². The molecule has 1 saturated heterocycles. The third-order valence-corrected chi connectivity index (χ3v) is 3.03. The van der Waals surface area contributed by atoms with Crippen LogP contribution in [0.2, 0.25) is 0 Å². The second kappa shape index (κ2) is 5.53. The summed E-state index contributed by atoms with van der Waals surface area (Å²) in [7, 11) is 0. The van der Waals surface area contributed by atoms with Gasteiger partial charge in [0.25, 0.3) is 0 Å². The zero-order valence-corrected chi connectivity index (χ0v) is 10.3. The first-order valence-electron chi connectivity index (χ1n) is 6.09. The van der Waals surface area contributed by atoms with Gasteiger partial charge in [0.2, 0.25) is 5.91 Å². The van der Waals surface area contributed by atoms with E-state index in [1.807, 2.05) is 12.1 Å².